The van der Waals surface area contributed by atoms with Gasteiger partial charge in [0, 0.05) is 4.47 Å². The molecule has 2 aromatic rings. The third-order valence-electron chi connectivity index (χ3n) is 1.84. The van der Waals surface area contributed by atoms with Gasteiger partial charge in [0.2, 0.25) is 0 Å². The predicted molar refractivity (Wildman–Crippen MR) is 58.4 cm³/mol. The highest BCUT2D eigenvalue weighted by atomic mass is 79.9. The molecule has 0 unspecified atom stereocenters. The molecular formula is C9H7BrN4O. The fourth-order valence-electron chi connectivity index (χ4n) is 1.19. The van der Waals surface area contributed by atoms with E-state index in [0.29, 0.717) is 0 Å². The van der Waals surface area contributed by atoms with E-state index in [1.807, 2.05) is 18.2 Å². The molecule has 0 spiro atoms. The van der Waals surface area contributed by atoms with E-state index in [4.69, 9.17) is 5.21 Å². The van der Waals surface area contributed by atoms with Crippen molar-refractivity contribution in [2.75, 3.05) is 0 Å². The number of halogens is 1. The van der Waals surface area contributed by atoms with E-state index in [-0.39, 0.29) is 0 Å². The average Bonchev–Trinajstić information content (AvgIpc) is 2.71. The van der Waals surface area contributed by atoms with Crippen molar-refractivity contribution in [1.29, 1.82) is 0 Å². The molecule has 0 fully saturated rings. The van der Waals surface area contributed by atoms with Crippen LogP contribution in [0.25, 0.3) is 5.69 Å². The molecule has 1 aromatic heterocycles. The number of hydrogen-bond acceptors (Lipinski definition) is 4. The molecule has 0 bridgehead atoms. The topological polar surface area (TPSA) is 63.3 Å². The van der Waals surface area contributed by atoms with Gasteiger partial charge < -0.3 is 5.21 Å². The number of rotatable bonds is 2. The van der Waals surface area contributed by atoms with Crippen molar-refractivity contribution in [2.24, 2.45) is 5.16 Å². The second-order valence-electron chi connectivity index (χ2n) is 2.80. The highest BCUT2D eigenvalue weighted by Crippen LogP contribution is 2.20. The zero-order chi connectivity index (χ0) is 10.7. The number of oxime groups is 1. The summed E-state index contributed by atoms with van der Waals surface area (Å²) in [6.07, 6.45) is 4.44. The van der Waals surface area contributed by atoms with Gasteiger partial charge in [-0.1, -0.05) is 11.2 Å². The quantitative estimate of drug-likeness (QED) is 0.513. The minimum atomic E-state index is 0.799. The van der Waals surface area contributed by atoms with Gasteiger partial charge in [0.05, 0.1) is 11.9 Å². The van der Waals surface area contributed by atoms with E-state index in [1.165, 1.54) is 12.5 Å². The lowest BCUT2D eigenvalue weighted by Gasteiger charge is -2.03. The number of nitrogens with zero attached hydrogens (tertiary/aromatic N) is 4. The van der Waals surface area contributed by atoms with Crippen LogP contribution in [0.4, 0.5) is 0 Å². The van der Waals surface area contributed by atoms with Gasteiger partial charge in [-0.25, -0.2) is 9.67 Å². The van der Waals surface area contributed by atoms with Crippen molar-refractivity contribution in [3.05, 3.63) is 40.9 Å². The Bertz CT molecular complexity index is 481. The Kier molecular flexibility index (Phi) is 2.77. The maximum Gasteiger partial charge on any atom is 0.138 e. The van der Waals surface area contributed by atoms with Gasteiger partial charge in [-0.05, 0) is 33.6 Å². The molecule has 0 amide bonds. The fourth-order valence-corrected chi connectivity index (χ4v) is 1.77. The molecular weight excluding hydrogens is 260 g/mol. The van der Waals surface area contributed by atoms with Crippen LogP contribution in [-0.4, -0.2) is 26.2 Å². The summed E-state index contributed by atoms with van der Waals surface area (Å²) in [5.74, 6) is 0. The number of hydrogen-bond donors (Lipinski definition) is 1. The minimum Gasteiger partial charge on any atom is -0.411 e. The molecule has 6 heteroatoms. The Morgan fingerprint density at radius 1 is 1.47 bits per heavy atom. The number of benzene rings is 1. The predicted octanol–water partition coefficient (Wildman–Crippen LogP) is 1.84. The largest absolute Gasteiger partial charge is 0.411 e. The third-order valence-corrected chi connectivity index (χ3v) is 2.48. The molecule has 0 aliphatic carbocycles. The summed E-state index contributed by atoms with van der Waals surface area (Å²) in [7, 11) is 0. The summed E-state index contributed by atoms with van der Waals surface area (Å²) in [5, 5.41) is 15.4. The van der Waals surface area contributed by atoms with Crippen LogP contribution in [0.15, 0.2) is 40.5 Å². The fraction of sp³-hybridized carbons (Fsp3) is 0. The van der Waals surface area contributed by atoms with Gasteiger partial charge in [0.15, 0.2) is 0 Å². The summed E-state index contributed by atoms with van der Waals surface area (Å²) in [6, 6.07) is 5.51. The van der Waals surface area contributed by atoms with Gasteiger partial charge in [-0.15, -0.1) is 0 Å². The van der Waals surface area contributed by atoms with E-state index in [0.717, 1.165) is 15.7 Å². The molecule has 2 rings (SSSR count). The summed E-state index contributed by atoms with van der Waals surface area (Å²) < 4.78 is 2.50. The van der Waals surface area contributed by atoms with Crippen LogP contribution < -0.4 is 0 Å². The molecule has 0 saturated carbocycles. The molecule has 1 aromatic carbocycles. The first-order valence-corrected chi connectivity index (χ1v) is 4.92. The van der Waals surface area contributed by atoms with Crippen molar-refractivity contribution < 1.29 is 5.21 Å². The standard InChI is InChI=1S/C9H7BrN4O/c10-8-3-7(4-13-15)1-2-9(8)14-6-11-5-12-14/h1-6,15H/b13-4+. The Labute approximate surface area is 94.2 Å². The Hall–Kier alpha value is -1.69. The lowest BCUT2D eigenvalue weighted by atomic mass is 10.2. The van der Waals surface area contributed by atoms with E-state index >= 15 is 0 Å². The zero-order valence-electron chi connectivity index (χ0n) is 7.58. The van der Waals surface area contributed by atoms with Crippen LogP contribution in [0.3, 0.4) is 0 Å². The second kappa shape index (κ2) is 4.22. The average molecular weight is 267 g/mol. The molecule has 1 N–H and O–H groups in total. The smallest absolute Gasteiger partial charge is 0.138 e. The molecule has 76 valence electrons. The third kappa shape index (κ3) is 2.04. The van der Waals surface area contributed by atoms with Gasteiger partial charge in [-0.3, -0.25) is 0 Å². The molecule has 0 radical (unpaired) electrons. The van der Waals surface area contributed by atoms with Crippen LogP contribution in [0.1, 0.15) is 5.56 Å². The van der Waals surface area contributed by atoms with Crippen LogP contribution in [0.5, 0.6) is 0 Å². The highest BCUT2D eigenvalue weighted by molar-refractivity contribution is 9.10. The summed E-state index contributed by atoms with van der Waals surface area (Å²) in [6.45, 7) is 0. The Morgan fingerprint density at radius 3 is 2.93 bits per heavy atom. The lowest BCUT2D eigenvalue weighted by molar-refractivity contribution is 0.322. The molecule has 0 aliphatic rings. The second-order valence-corrected chi connectivity index (χ2v) is 3.65. The highest BCUT2D eigenvalue weighted by Gasteiger charge is 2.03. The first kappa shape index (κ1) is 9.85. The summed E-state index contributed by atoms with van der Waals surface area (Å²) in [5.41, 5.74) is 1.68. The van der Waals surface area contributed by atoms with Gasteiger partial charge in [0.1, 0.15) is 12.7 Å². The van der Waals surface area contributed by atoms with E-state index in [2.05, 4.69) is 31.2 Å². The molecule has 0 atom stereocenters. The van der Waals surface area contributed by atoms with Crippen molar-refractivity contribution in [3.63, 3.8) is 0 Å². The van der Waals surface area contributed by atoms with Crippen LogP contribution >= 0.6 is 15.9 Å². The Balaban J connectivity index is 2.43. The van der Waals surface area contributed by atoms with Crippen molar-refractivity contribution >= 4 is 22.1 Å². The molecule has 0 saturated heterocycles. The summed E-state index contributed by atoms with van der Waals surface area (Å²) in [4.78, 5) is 3.86. The first-order chi connectivity index (χ1) is 7.31. The van der Waals surface area contributed by atoms with Crippen LogP contribution in [0, 0.1) is 0 Å². The van der Waals surface area contributed by atoms with Gasteiger partial charge in [-0.2, -0.15) is 5.10 Å². The van der Waals surface area contributed by atoms with Crippen molar-refractivity contribution in [3.8, 4) is 5.69 Å². The molecule has 0 aliphatic heterocycles. The first-order valence-electron chi connectivity index (χ1n) is 4.13. The molecule has 5 nitrogen and oxygen atoms in total. The minimum absolute atomic E-state index is 0.799. The molecule has 1 heterocycles. The van der Waals surface area contributed by atoms with Gasteiger partial charge >= 0.3 is 0 Å². The Morgan fingerprint density at radius 2 is 2.33 bits per heavy atom. The normalized spacial score (nSPS) is 11.0. The van der Waals surface area contributed by atoms with Crippen molar-refractivity contribution in [1.82, 2.24) is 14.8 Å². The SMILES string of the molecule is O/N=C/c1ccc(-n2cncn2)c(Br)c1. The zero-order valence-corrected chi connectivity index (χ0v) is 9.16. The lowest BCUT2D eigenvalue weighted by Crippen LogP contribution is -1.96. The van der Waals surface area contributed by atoms with Crippen molar-refractivity contribution in [2.45, 2.75) is 0 Å². The van der Waals surface area contributed by atoms with E-state index in [9.17, 15) is 0 Å². The maximum absolute atomic E-state index is 8.39. The van der Waals surface area contributed by atoms with Gasteiger partial charge in [0.25, 0.3) is 0 Å². The number of aromatic nitrogens is 3. The van der Waals surface area contributed by atoms with E-state index < -0.39 is 0 Å². The summed E-state index contributed by atoms with van der Waals surface area (Å²) >= 11 is 3.41. The monoisotopic (exact) mass is 266 g/mol. The van der Waals surface area contributed by atoms with Crippen LogP contribution in [-0.2, 0) is 0 Å². The molecule has 15 heavy (non-hydrogen) atoms. The van der Waals surface area contributed by atoms with E-state index in [1.54, 1.807) is 11.0 Å². The van der Waals surface area contributed by atoms with Crippen LogP contribution in [0.2, 0.25) is 0 Å². The maximum atomic E-state index is 8.39.